The second-order valence-electron chi connectivity index (χ2n) is 3.37. The number of nitrogens with zero attached hydrogens (tertiary/aromatic N) is 1. The monoisotopic (exact) mass is 251 g/mol. The van der Waals surface area contributed by atoms with E-state index in [2.05, 4.69) is 4.74 Å². The standard InChI is InChI=1S/C12H13NO5/c1-17-12(14)7-9-18-8-6-10-2-4-11(5-3-10)13(15)16/h2-5,7,9H,6,8H2,1H3/b9-7+. The molecular weight excluding hydrogens is 238 g/mol. The van der Waals surface area contributed by atoms with Crippen LogP contribution in [0.25, 0.3) is 0 Å². The zero-order chi connectivity index (χ0) is 13.4. The molecule has 0 amide bonds. The first-order valence-electron chi connectivity index (χ1n) is 5.23. The number of nitro benzene ring substituents is 1. The molecule has 1 rings (SSSR count). The molecule has 6 heteroatoms. The molecule has 0 saturated heterocycles. The number of hydrogen-bond acceptors (Lipinski definition) is 5. The van der Waals surface area contributed by atoms with Crippen molar-refractivity contribution in [2.24, 2.45) is 0 Å². The van der Waals surface area contributed by atoms with E-state index < -0.39 is 10.9 Å². The largest absolute Gasteiger partial charge is 0.501 e. The summed E-state index contributed by atoms with van der Waals surface area (Å²) in [4.78, 5) is 20.7. The predicted octanol–water partition coefficient (Wildman–Crippen LogP) is 1.84. The van der Waals surface area contributed by atoms with Gasteiger partial charge in [0, 0.05) is 18.6 Å². The Morgan fingerprint density at radius 1 is 1.39 bits per heavy atom. The highest BCUT2D eigenvalue weighted by molar-refractivity contribution is 5.81. The van der Waals surface area contributed by atoms with Crippen molar-refractivity contribution in [1.82, 2.24) is 0 Å². The number of esters is 1. The Morgan fingerprint density at radius 3 is 2.61 bits per heavy atom. The third kappa shape index (κ3) is 4.65. The average molecular weight is 251 g/mol. The lowest BCUT2D eigenvalue weighted by Crippen LogP contribution is -1.97. The van der Waals surface area contributed by atoms with Gasteiger partial charge in [-0.05, 0) is 5.56 Å². The molecule has 0 spiro atoms. The van der Waals surface area contributed by atoms with Crippen molar-refractivity contribution in [1.29, 1.82) is 0 Å². The summed E-state index contributed by atoms with van der Waals surface area (Å²) in [6, 6.07) is 6.23. The van der Waals surface area contributed by atoms with Gasteiger partial charge in [0.05, 0.1) is 31.0 Å². The van der Waals surface area contributed by atoms with E-state index in [1.165, 1.54) is 31.6 Å². The second kappa shape index (κ2) is 7.05. The fourth-order valence-corrected chi connectivity index (χ4v) is 1.20. The van der Waals surface area contributed by atoms with E-state index in [1.807, 2.05) is 0 Å². The quantitative estimate of drug-likeness (QED) is 0.192. The van der Waals surface area contributed by atoms with Gasteiger partial charge in [-0.2, -0.15) is 0 Å². The molecule has 0 radical (unpaired) electrons. The van der Waals surface area contributed by atoms with Gasteiger partial charge in [0.25, 0.3) is 5.69 Å². The molecule has 0 N–H and O–H groups in total. The third-order valence-electron chi connectivity index (χ3n) is 2.16. The number of benzene rings is 1. The Morgan fingerprint density at radius 2 is 2.06 bits per heavy atom. The van der Waals surface area contributed by atoms with Crippen molar-refractivity contribution in [3.05, 3.63) is 52.3 Å². The zero-order valence-corrected chi connectivity index (χ0v) is 9.87. The highest BCUT2D eigenvalue weighted by Crippen LogP contribution is 2.12. The van der Waals surface area contributed by atoms with Crippen LogP contribution in [0.3, 0.4) is 0 Å². The summed E-state index contributed by atoms with van der Waals surface area (Å²) in [7, 11) is 1.28. The van der Waals surface area contributed by atoms with Gasteiger partial charge in [0.2, 0.25) is 0 Å². The summed E-state index contributed by atoms with van der Waals surface area (Å²) in [5.41, 5.74) is 0.984. The summed E-state index contributed by atoms with van der Waals surface area (Å²) in [6.07, 6.45) is 3.04. The molecule has 0 bridgehead atoms. The lowest BCUT2D eigenvalue weighted by Gasteiger charge is -2.01. The van der Waals surface area contributed by atoms with Crippen LogP contribution in [-0.2, 0) is 20.7 Å². The van der Waals surface area contributed by atoms with Crippen LogP contribution in [0.15, 0.2) is 36.6 Å². The number of carbonyl (C=O) groups is 1. The maximum atomic E-state index is 10.7. The SMILES string of the molecule is COC(=O)/C=C/OCCc1ccc([N+](=O)[O-])cc1. The van der Waals surface area contributed by atoms with Gasteiger partial charge >= 0.3 is 5.97 Å². The van der Waals surface area contributed by atoms with Crippen LogP contribution in [0.2, 0.25) is 0 Å². The summed E-state index contributed by atoms with van der Waals surface area (Å²) < 4.78 is 9.45. The molecule has 0 aliphatic heterocycles. The van der Waals surface area contributed by atoms with Gasteiger partial charge < -0.3 is 9.47 Å². The van der Waals surface area contributed by atoms with Crippen LogP contribution in [0.5, 0.6) is 0 Å². The molecule has 1 aromatic rings. The first kappa shape index (κ1) is 13.7. The molecule has 0 aliphatic carbocycles. The topological polar surface area (TPSA) is 78.7 Å². The first-order valence-corrected chi connectivity index (χ1v) is 5.23. The molecule has 0 saturated carbocycles. The van der Waals surface area contributed by atoms with Crippen molar-refractivity contribution < 1.29 is 19.2 Å². The summed E-state index contributed by atoms with van der Waals surface area (Å²) in [5.74, 6) is -0.481. The lowest BCUT2D eigenvalue weighted by molar-refractivity contribution is -0.384. The second-order valence-corrected chi connectivity index (χ2v) is 3.37. The molecule has 0 aromatic heterocycles. The Bertz CT molecular complexity index is 438. The number of methoxy groups -OCH3 is 1. The van der Waals surface area contributed by atoms with E-state index in [-0.39, 0.29) is 5.69 Å². The third-order valence-corrected chi connectivity index (χ3v) is 2.16. The number of carbonyl (C=O) groups excluding carboxylic acids is 1. The summed E-state index contributed by atoms with van der Waals surface area (Å²) in [5, 5.41) is 10.4. The van der Waals surface area contributed by atoms with Crippen molar-refractivity contribution >= 4 is 11.7 Å². The normalized spacial score (nSPS) is 10.3. The molecule has 0 heterocycles. The first-order chi connectivity index (χ1) is 8.63. The highest BCUT2D eigenvalue weighted by atomic mass is 16.6. The average Bonchev–Trinajstić information content (AvgIpc) is 2.38. The Hall–Kier alpha value is -2.37. The minimum Gasteiger partial charge on any atom is -0.501 e. The molecule has 1 aromatic carbocycles. The van der Waals surface area contributed by atoms with E-state index in [9.17, 15) is 14.9 Å². The molecule has 0 aliphatic rings. The Kier molecular flexibility index (Phi) is 5.37. The molecule has 18 heavy (non-hydrogen) atoms. The highest BCUT2D eigenvalue weighted by Gasteiger charge is 2.03. The van der Waals surface area contributed by atoms with E-state index >= 15 is 0 Å². The van der Waals surface area contributed by atoms with Crippen LogP contribution in [0.4, 0.5) is 5.69 Å². The van der Waals surface area contributed by atoms with E-state index in [4.69, 9.17) is 4.74 Å². The Balaban J connectivity index is 2.33. The van der Waals surface area contributed by atoms with Crippen molar-refractivity contribution in [3.63, 3.8) is 0 Å². The van der Waals surface area contributed by atoms with Gasteiger partial charge in [0.15, 0.2) is 0 Å². The minimum absolute atomic E-state index is 0.0604. The fourth-order valence-electron chi connectivity index (χ4n) is 1.20. The Labute approximate surface area is 104 Å². The summed E-state index contributed by atoms with van der Waals surface area (Å²) in [6.45, 7) is 0.380. The lowest BCUT2D eigenvalue weighted by atomic mass is 10.1. The zero-order valence-electron chi connectivity index (χ0n) is 9.87. The van der Waals surface area contributed by atoms with Gasteiger partial charge in [0.1, 0.15) is 0 Å². The van der Waals surface area contributed by atoms with Crippen molar-refractivity contribution in [2.75, 3.05) is 13.7 Å². The van der Waals surface area contributed by atoms with Gasteiger partial charge in [-0.1, -0.05) is 12.1 Å². The van der Waals surface area contributed by atoms with Crippen LogP contribution in [0.1, 0.15) is 5.56 Å². The van der Waals surface area contributed by atoms with Gasteiger partial charge in [-0.15, -0.1) is 0 Å². The van der Waals surface area contributed by atoms with Crippen molar-refractivity contribution in [2.45, 2.75) is 6.42 Å². The number of ether oxygens (including phenoxy) is 2. The van der Waals surface area contributed by atoms with Gasteiger partial charge in [-0.3, -0.25) is 10.1 Å². The maximum Gasteiger partial charge on any atom is 0.333 e. The van der Waals surface area contributed by atoms with Crippen LogP contribution in [-0.4, -0.2) is 24.6 Å². The van der Waals surface area contributed by atoms with E-state index in [1.54, 1.807) is 12.1 Å². The van der Waals surface area contributed by atoms with Crippen molar-refractivity contribution in [3.8, 4) is 0 Å². The van der Waals surface area contributed by atoms with Crippen LogP contribution < -0.4 is 0 Å². The predicted molar refractivity (Wildman–Crippen MR) is 63.9 cm³/mol. The molecular formula is C12H13NO5. The van der Waals surface area contributed by atoms with E-state index in [0.29, 0.717) is 13.0 Å². The maximum absolute atomic E-state index is 10.7. The molecule has 6 nitrogen and oxygen atoms in total. The van der Waals surface area contributed by atoms with Crippen LogP contribution >= 0.6 is 0 Å². The minimum atomic E-state index is -0.481. The number of non-ortho nitro benzene ring substituents is 1. The number of nitro groups is 1. The molecule has 96 valence electrons. The number of rotatable bonds is 6. The van der Waals surface area contributed by atoms with Crippen LogP contribution in [0, 0.1) is 10.1 Å². The fraction of sp³-hybridized carbons (Fsp3) is 0.250. The smallest absolute Gasteiger partial charge is 0.333 e. The summed E-state index contributed by atoms with van der Waals surface area (Å²) >= 11 is 0. The number of hydrogen-bond donors (Lipinski definition) is 0. The molecule has 0 fully saturated rings. The van der Waals surface area contributed by atoms with E-state index in [0.717, 1.165) is 5.56 Å². The molecule has 0 atom stereocenters. The van der Waals surface area contributed by atoms with Gasteiger partial charge in [-0.25, -0.2) is 4.79 Å². The molecule has 0 unspecified atom stereocenters.